The lowest BCUT2D eigenvalue weighted by atomic mass is 9.99. The van der Waals surface area contributed by atoms with E-state index in [1.165, 1.54) is 18.2 Å². The zero-order valence-corrected chi connectivity index (χ0v) is 10.7. The van der Waals surface area contributed by atoms with Crippen molar-refractivity contribution in [2.24, 2.45) is 0 Å². The number of aromatic carboxylic acids is 1. The van der Waals surface area contributed by atoms with Gasteiger partial charge in [0.15, 0.2) is 0 Å². The van der Waals surface area contributed by atoms with Gasteiger partial charge < -0.3 is 10.4 Å². The molecule has 0 unspecified atom stereocenters. The van der Waals surface area contributed by atoms with Crippen molar-refractivity contribution >= 4 is 17.3 Å². The van der Waals surface area contributed by atoms with E-state index in [4.69, 9.17) is 5.11 Å². The van der Waals surface area contributed by atoms with Crippen LogP contribution in [0.5, 0.6) is 0 Å². The molecule has 102 valence electrons. The summed E-state index contributed by atoms with van der Waals surface area (Å²) in [7, 11) is 0. The molecule has 0 bridgehead atoms. The second-order valence-electron chi connectivity index (χ2n) is 5.18. The SMILES string of the molecule is CC1(Nc2cc([N+](=O)[O-])ccc2C(=O)O)CCCC1. The number of nitrogens with one attached hydrogen (secondary N) is 1. The number of non-ortho nitro benzene ring substituents is 1. The third-order valence-electron chi connectivity index (χ3n) is 3.59. The van der Waals surface area contributed by atoms with Crippen LogP contribution in [-0.2, 0) is 0 Å². The minimum atomic E-state index is -1.08. The van der Waals surface area contributed by atoms with Gasteiger partial charge in [-0.05, 0) is 25.8 Å². The number of benzene rings is 1. The molecule has 1 fully saturated rings. The van der Waals surface area contributed by atoms with Gasteiger partial charge in [-0.25, -0.2) is 4.79 Å². The van der Waals surface area contributed by atoms with E-state index in [0.29, 0.717) is 5.69 Å². The van der Waals surface area contributed by atoms with Crippen LogP contribution in [0.4, 0.5) is 11.4 Å². The number of carboxylic acid groups (broad SMARTS) is 1. The third-order valence-corrected chi connectivity index (χ3v) is 3.59. The van der Waals surface area contributed by atoms with Gasteiger partial charge in [0.1, 0.15) is 0 Å². The van der Waals surface area contributed by atoms with E-state index in [1.54, 1.807) is 0 Å². The maximum absolute atomic E-state index is 11.2. The first-order chi connectivity index (χ1) is 8.91. The molecule has 0 aliphatic heterocycles. The zero-order valence-electron chi connectivity index (χ0n) is 10.7. The molecule has 2 N–H and O–H groups in total. The smallest absolute Gasteiger partial charge is 0.337 e. The molecular weight excluding hydrogens is 248 g/mol. The molecule has 0 amide bonds. The molecule has 2 rings (SSSR count). The molecule has 0 atom stereocenters. The van der Waals surface area contributed by atoms with Gasteiger partial charge >= 0.3 is 5.97 Å². The Balaban J connectivity index is 2.37. The summed E-state index contributed by atoms with van der Waals surface area (Å²) in [6.07, 6.45) is 4.05. The summed E-state index contributed by atoms with van der Waals surface area (Å²) in [4.78, 5) is 21.4. The molecule has 1 aromatic carbocycles. The predicted molar refractivity (Wildman–Crippen MR) is 70.6 cm³/mol. The first kappa shape index (κ1) is 13.3. The summed E-state index contributed by atoms with van der Waals surface area (Å²) in [5.74, 6) is -1.08. The molecule has 1 aliphatic carbocycles. The first-order valence-electron chi connectivity index (χ1n) is 6.21. The lowest BCUT2D eigenvalue weighted by Gasteiger charge is -2.27. The van der Waals surface area contributed by atoms with E-state index in [0.717, 1.165) is 25.7 Å². The maximum Gasteiger partial charge on any atom is 0.337 e. The average Bonchev–Trinajstić information content (AvgIpc) is 2.75. The fourth-order valence-electron chi connectivity index (χ4n) is 2.54. The third kappa shape index (κ3) is 2.83. The monoisotopic (exact) mass is 264 g/mol. The number of nitro groups is 1. The van der Waals surface area contributed by atoms with Crippen molar-refractivity contribution in [1.82, 2.24) is 0 Å². The highest BCUT2D eigenvalue weighted by Gasteiger charge is 2.30. The predicted octanol–water partition coefficient (Wildman–Crippen LogP) is 3.04. The second kappa shape index (κ2) is 4.87. The zero-order chi connectivity index (χ0) is 14.0. The van der Waals surface area contributed by atoms with E-state index in [1.807, 2.05) is 6.92 Å². The normalized spacial score (nSPS) is 17.1. The van der Waals surface area contributed by atoms with Gasteiger partial charge in [-0.15, -0.1) is 0 Å². The lowest BCUT2D eigenvalue weighted by Crippen LogP contribution is -2.31. The van der Waals surface area contributed by atoms with Crippen LogP contribution in [0.1, 0.15) is 43.0 Å². The van der Waals surface area contributed by atoms with Crippen molar-refractivity contribution in [3.63, 3.8) is 0 Å². The molecule has 0 aromatic heterocycles. The molecule has 1 aliphatic rings. The summed E-state index contributed by atoms with van der Waals surface area (Å²) >= 11 is 0. The molecule has 0 spiro atoms. The van der Waals surface area contributed by atoms with Crippen molar-refractivity contribution in [2.75, 3.05) is 5.32 Å². The lowest BCUT2D eigenvalue weighted by molar-refractivity contribution is -0.384. The van der Waals surface area contributed by atoms with E-state index in [2.05, 4.69) is 5.32 Å². The van der Waals surface area contributed by atoms with Crippen LogP contribution in [0.2, 0.25) is 0 Å². The van der Waals surface area contributed by atoms with Crippen molar-refractivity contribution in [1.29, 1.82) is 0 Å². The van der Waals surface area contributed by atoms with Gasteiger partial charge in [0.2, 0.25) is 0 Å². The number of carboxylic acids is 1. The summed E-state index contributed by atoms with van der Waals surface area (Å²) in [6, 6.07) is 3.79. The van der Waals surface area contributed by atoms with Gasteiger partial charge in [-0.2, -0.15) is 0 Å². The maximum atomic E-state index is 11.2. The largest absolute Gasteiger partial charge is 0.478 e. The highest BCUT2D eigenvalue weighted by molar-refractivity contribution is 5.95. The number of hydrogen-bond donors (Lipinski definition) is 2. The Morgan fingerprint density at radius 1 is 1.42 bits per heavy atom. The highest BCUT2D eigenvalue weighted by atomic mass is 16.6. The van der Waals surface area contributed by atoms with Gasteiger partial charge in [-0.3, -0.25) is 10.1 Å². The van der Waals surface area contributed by atoms with E-state index in [9.17, 15) is 14.9 Å². The summed E-state index contributed by atoms with van der Waals surface area (Å²) in [5, 5.41) is 23.1. The average molecular weight is 264 g/mol. The Hall–Kier alpha value is -2.11. The number of carbonyl (C=O) groups is 1. The Kier molecular flexibility index (Phi) is 3.42. The first-order valence-corrected chi connectivity index (χ1v) is 6.21. The van der Waals surface area contributed by atoms with Crippen LogP contribution in [0.15, 0.2) is 18.2 Å². The molecule has 19 heavy (non-hydrogen) atoms. The Labute approximate surface area is 110 Å². The van der Waals surface area contributed by atoms with Gasteiger partial charge in [-0.1, -0.05) is 12.8 Å². The van der Waals surface area contributed by atoms with Crippen LogP contribution < -0.4 is 5.32 Å². The molecule has 1 saturated carbocycles. The number of rotatable bonds is 4. The number of nitro benzene ring substituents is 1. The molecule has 0 saturated heterocycles. The van der Waals surface area contributed by atoms with Crippen LogP contribution in [0.25, 0.3) is 0 Å². The van der Waals surface area contributed by atoms with E-state index >= 15 is 0 Å². The van der Waals surface area contributed by atoms with E-state index in [-0.39, 0.29) is 16.8 Å². The summed E-state index contributed by atoms with van der Waals surface area (Å²) in [6.45, 7) is 2.02. The van der Waals surface area contributed by atoms with E-state index < -0.39 is 10.9 Å². The number of nitrogens with zero attached hydrogens (tertiary/aromatic N) is 1. The van der Waals surface area contributed by atoms with Gasteiger partial charge in [0.25, 0.3) is 5.69 Å². The standard InChI is InChI=1S/C13H16N2O4/c1-13(6-2-3-7-13)14-11-8-9(15(18)19)4-5-10(11)12(16)17/h4-5,8,14H,2-3,6-7H2,1H3,(H,16,17). The molecular formula is C13H16N2O4. The highest BCUT2D eigenvalue weighted by Crippen LogP contribution is 2.34. The topological polar surface area (TPSA) is 92.5 Å². The summed E-state index contributed by atoms with van der Waals surface area (Å²) < 4.78 is 0. The van der Waals surface area contributed by atoms with Gasteiger partial charge in [0, 0.05) is 17.7 Å². The Morgan fingerprint density at radius 2 is 2.05 bits per heavy atom. The summed E-state index contributed by atoms with van der Waals surface area (Å²) in [5.41, 5.74) is 0.110. The van der Waals surface area contributed by atoms with Crippen molar-refractivity contribution in [3.05, 3.63) is 33.9 Å². The van der Waals surface area contributed by atoms with Gasteiger partial charge in [0.05, 0.1) is 16.2 Å². The molecule has 0 radical (unpaired) electrons. The second-order valence-corrected chi connectivity index (χ2v) is 5.18. The molecule has 6 heteroatoms. The van der Waals surface area contributed by atoms with Crippen molar-refractivity contribution in [2.45, 2.75) is 38.1 Å². The fraction of sp³-hybridized carbons (Fsp3) is 0.462. The van der Waals surface area contributed by atoms with Crippen LogP contribution in [-0.4, -0.2) is 21.5 Å². The quantitative estimate of drug-likeness (QED) is 0.644. The Bertz CT molecular complexity index is 521. The van der Waals surface area contributed by atoms with Crippen LogP contribution in [0, 0.1) is 10.1 Å². The molecule has 1 aromatic rings. The van der Waals surface area contributed by atoms with Crippen LogP contribution in [0.3, 0.4) is 0 Å². The minimum absolute atomic E-state index is 0.0683. The van der Waals surface area contributed by atoms with Crippen molar-refractivity contribution < 1.29 is 14.8 Å². The molecule has 0 heterocycles. The minimum Gasteiger partial charge on any atom is -0.478 e. The molecule has 6 nitrogen and oxygen atoms in total. The number of hydrogen-bond acceptors (Lipinski definition) is 4. The number of anilines is 1. The van der Waals surface area contributed by atoms with Crippen molar-refractivity contribution in [3.8, 4) is 0 Å². The van der Waals surface area contributed by atoms with Crippen LogP contribution >= 0.6 is 0 Å². The Morgan fingerprint density at radius 3 is 2.58 bits per heavy atom. The fourth-order valence-corrected chi connectivity index (χ4v) is 2.54.